The standard InChI is InChI=1S/C21H29N3O3.ClH/c1-4-22-13-17-9-11-24(12-10-17)21(25)18-7-5-6-8-20(18)26-14-19-15(2)23-27-16(19)3;/h5-8,17,22H,4,9-14H2,1-3H3;1H. The van der Waals surface area contributed by atoms with Crippen LogP contribution in [0.5, 0.6) is 5.75 Å². The molecule has 1 aromatic carbocycles. The Morgan fingerprint density at radius 1 is 1.29 bits per heavy atom. The number of ether oxygens (including phenoxy) is 1. The van der Waals surface area contributed by atoms with Crippen LogP contribution >= 0.6 is 12.4 Å². The summed E-state index contributed by atoms with van der Waals surface area (Å²) < 4.78 is 11.2. The number of likely N-dealkylation sites (tertiary alicyclic amines) is 1. The van der Waals surface area contributed by atoms with E-state index in [0.29, 0.717) is 23.8 Å². The minimum atomic E-state index is 0. The van der Waals surface area contributed by atoms with E-state index in [9.17, 15) is 4.79 Å². The number of rotatable bonds is 7. The van der Waals surface area contributed by atoms with Crippen LogP contribution in [-0.2, 0) is 6.61 Å². The number of halogens is 1. The monoisotopic (exact) mass is 407 g/mol. The molecule has 28 heavy (non-hydrogen) atoms. The number of amides is 1. The highest BCUT2D eigenvalue weighted by Crippen LogP contribution is 2.25. The third-order valence-corrected chi connectivity index (χ3v) is 5.26. The first kappa shape index (κ1) is 22.2. The molecule has 1 aliphatic heterocycles. The molecule has 1 amide bonds. The van der Waals surface area contributed by atoms with Crippen LogP contribution in [0.4, 0.5) is 0 Å². The van der Waals surface area contributed by atoms with Gasteiger partial charge in [0.05, 0.1) is 16.8 Å². The van der Waals surface area contributed by atoms with Gasteiger partial charge < -0.3 is 19.5 Å². The molecule has 0 aliphatic carbocycles. The number of benzene rings is 1. The maximum absolute atomic E-state index is 13.0. The lowest BCUT2D eigenvalue weighted by atomic mass is 9.96. The first-order valence-electron chi connectivity index (χ1n) is 9.73. The van der Waals surface area contributed by atoms with E-state index in [0.717, 1.165) is 56.0 Å². The third-order valence-electron chi connectivity index (χ3n) is 5.26. The summed E-state index contributed by atoms with van der Waals surface area (Å²) in [6.45, 7) is 9.86. The maximum atomic E-state index is 13.0. The molecule has 0 atom stereocenters. The lowest BCUT2D eigenvalue weighted by Gasteiger charge is -2.32. The Morgan fingerprint density at radius 2 is 2.00 bits per heavy atom. The highest BCUT2D eigenvalue weighted by molar-refractivity contribution is 5.97. The van der Waals surface area contributed by atoms with Crippen LogP contribution in [0.25, 0.3) is 0 Å². The Labute approximate surface area is 173 Å². The van der Waals surface area contributed by atoms with E-state index in [1.54, 1.807) is 0 Å². The average molecular weight is 408 g/mol. The number of hydrogen-bond donors (Lipinski definition) is 1. The summed E-state index contributed by atoms with van der Waals surface area (Å²) >= 11 is 0. The van der Waals surface area contributed by atoms with Crippen molar-refractivity contribution in [2.75, 3.05) is 26.2 Å². The largest absolute Gasteiger partial charge is 0.488 e. The van der Waals surface area contributed by atoms with Gasteiger partial charge >= 0.3 is 0 Å². The molecule has 154 valence electrons. The summed E-state index contributed by atoms with van der Waals surface area (Å²) in [5, 5.41) is 7.36. The van der Waals surface area contributed by atoms with E-state index in [2.05, 4.69) is 17.4 Å². The van der Waals surface area contributed by atoms with Gasteiger partial charge in [0.15, 0.2) is 0 Å². The molecule has 2 heterocycles. The number of aromatic nitrogens is 1. The molecule has 0 spiro atoms. The summed E-state index contributed by atoms with van der Waals surface area (Å²) in [7, 11) is 0. The maximum Gasteiger partial charge on any atom is 0.257 e. The molecule has 1 N–H and O–H groups in total. The molecule has 1 fully saturated rings. The second-order valence-corrected chi connectivity index (χ2v) is 7.13. The summed E-state index contributed by atoms with van der Waals surface area (Å²) in [6, 6.07) is 7.47. The molecule has 1 saturated heterocycles. The smallest absolute Gasteiger partial charge is 0.257 e. The number of nitrogens with zero attached hydrogens (tertiary/aromatic N) is 2. The molecule has 2 aromatic rings. The summed E-state index contributed by atoms with van der Waals surface area (Å²) in [5.41, 5.74) is 2.37. The van der Waals surface area contributed by atoms with Gasteiger partial charge in [-0.2, -0.15) is 0 Å². The minimum Gasteiger partial charge on any atom is -0.488 e. The zero-order valence-corrected chi connectivity index (χ0v) is 17.7. The molecule has 0 saturated carbocycles. The Bertz CT molecular complexity index is 751. The first-order valence-corrected chi connectivity index (χ1v) is 9.73. The molecule has 1 aromatic heterocycles. The van der Waals surface area contributed by atoms with Gasteiger partial charge in [-0.05, 0) is 57.8 Å². The number of nitrogens with one attached hydrogen (secondary N) is 1. The molecule has 0 bridgehead atoms. The second-order valence-electron chi connectivity index (χ2n) is 7.13. The molecule has 3 rings (SSSR count). The zero-order chi connectivity index (χ0) is 19.2. The van der Waals surface area contributed by atoms with Crippen LogP contribution in [0, 0.1) is 19.8 Å². The fourth-order valence-electron chi connectivity index (χ4n) is 3.49. The van der Waals surface area contributed by atoms with Gasteiger partial charge in [-0.15, -0.1) is 12.4 Å². The highest BCUT2D eigenvalue weighted by Gasteiger charge is 2.25. The Morgan fingerprint density at radius 3 is 2.64 bits per heavy atom. The number of carbonyl (C=O) groups excluding carboxylic acids is 1. The van der Waals surface area contributed by atoms with Crippen molar-refractivity contribution in [1.29, 1.82) is 0 Å². The normalized spacial score (nSPS) is 14.6. The Hall–Kier alpha value is -2.05. The van der Waals surface area contributed by atoms with Crippen molar-refractivity contribution in [1.82, 2.24) is 15.4 Å². The first-order chi connectivity index (χ1) is 13.1. The van der Waals surface area contributed by atoms with Crippen LogP contribution in [0.3, 0.4) is 0 Å². The van der Waals surface area contributed by atoms with Gasteiger partial charge in [-0.3, -0.25) is 4.79 Å². The van der Waals surface area contributed by atoms with E-state index in [-0.39, 0.29) is 18.3 Å². The van der Waals surface area contributed by atoms with Crippen molar-refractivity contribution in [2.24, 2.45) is 5.92 Å². The number of para-hydroxylation sites is 1. The SMILES string of the molecule is CCNCC1CCN(C(=O)c2ccccc2OCc2c(C)noc2C)CC1.Cl. The molecule has 0 unspecified atom stereocenters. The summed E-state index contributed by atoms with van der Waals surface area (Å²) in [6.07, 6.45) is 2.09. The van der Waals surface area contributed by atoms with Gasteiger partial charge in [-0.1, -0.05) is 24.2 Å². The van der Waals surface area contributed by atoms with Gasteiger partial charge in [0.25, 0.3) is 5.91 Å². The predicted molar refractivity (Wildman–Crippen MR) is 111 cm³/mol. The van der Waals surface area contributed by atoms with Crippen molar-refractivity contribution in [3.8, 4) is 5.75 Å². The molecule has 0 radical (unpaired) electrons. The van der Waals surface area contributed by atoms with Crippen LogP contribution < -0.4 is 10.1 Å². The lowest BCUT2D eigenvalue weighted by molar-refractivity contribution is 0.0685. The zero-order valence-electron chi connectivity index (χ0n) is 16.9. The van der Waals surface area contributed by atoms with Crippen molar-refractivity contribution in [3.63, 3.8) is 0 Å². The second kappa shape index (κ2) is 10.5. The van der Waals surface area contributed by atoms with Crippen LogP contribution in [0.15, 0.2) is 28.8 Å². The van der Waals surface area contributed by atoms with E-state index in [1.807, 2.05) is 43.0 Å². The van der Waals surface area contributed by atoms with Crippen molar-refractivity contribution < 1.29 is 14.1 Å². The number of piperidine rings is 1. The fraction of sp³-hybridized carbons (Fsp3) is 0.524. The Balaban J connectivity index is 0.00000280. The Kier molecular flexibility index (Phi) is 8.33. The van der Waals surface area contributed by atoms with Gasteiger partial charge in [0, 0.05) is 13.1 Å². The lowest BCUT2D eigenvalue weighted by Crippen LogP contribution is -2.40. The van der Waals surface area contributed by atoms with Crippen molar-refractivity contribution in [2.45, 2.75) is 40.2 Å². The average Bonchev–Trinajstić information content (AvgIpc) is 3.02. The van der Waals surface area contributed by atoms with Crippen LogP contribution in [0.1, 0.15) is 47.1 Å². The molecular formula is C21H30ClN3O3. The van der Waals surface area contributed by atoms with Gasteiger partial charge in [0.2, 0.25) is 0 Å². The van der Waals surface area contributed by atoms with E-state index >= 15 is 0 Å². The quantitative estimate of drug-likeness (QED) is 0.756. The number of hydrogen-bond acceptors (Lipinski definition) is 5. The molecule has 1 aliphatic rings. The third kappa shape index (κ3) is 5.26. The summed E-state index contributed by atoms with van der Waals surface area (Å²) in [4.78, 5) is 15.0. The summed E-state index contributed by atoms with van der Waals surface area (Å²) in [5.74, 6) is 2.06. The van der Waals surface area contributed by atoms with Crippen LogP contribution in [0.2, 0.25) is 0 Å². The van der Waals surface area contributed by atoms with Crippen molar-refractivity contribution in [3.05, 3.63) is 46.8 Å². The molecule has 6 nitrogen and oxygen atoms in total. The highest BCUT2D eigenvalue weighted by atomic mass is 35.5. The van der Waals surface area contributed by atoms with Gasteiger partial charge in [0.1, 0.15) is 18.1 Å². The molecule has 7 heteroatoms. The van der Waals surface area contributed by atoms with Crippen LogP contribution in [-0.4, -0.2) is 42.1 Å². The fourth-order valence-corrected chi connectivity index (χ4v) is 3.49. The molecular weight excluding hydrogens is 378 g/mol. The van der Waals surface area contributed by atoms with Crippen molar-refractivity contribution >= 4 is 18.3 Å². The predicted octanol–water partition coefficient (Wildman–Crippen LogP) is 3.75. The minimum absolute atomic E-state index is 0. The van der Waals surface area contributed by atoms with E-state index in [4.69, 9.17) is 9.26 Å². The number of aryl methyl sites for hydroxylation is 2. The number of carbonyl (C=O) groups is 1. The van der Waals surface area contributed by atoms with Gasteiger partial charge in [-0.25, -0.2) is 0 Å². The topological polar surface area (TPSA) is 67.6 Å². The van der Waals surface area contributed by atoms with E-state index < -0.39 is 0 Å². The van der Waals surface area contributed by atoms with E-state index in [1.165, 1.54) is 0 Å².